The molecule has 0 aliphatic heterocycles. The van der Waals surface area contributed by atoms with E-state index in [-0.39, 0.29) is 0 Å². The summed E-state index contributed by atoms with van der Waals surface area (Å²) in [5.41, 5.74) is 5.48. The molecule has 0 radical (unpaired) electrons. The predicted molar refractivity (Wildman–Crippen MR) is 58.6 cm³/mol. The standard InChI is InChI=1S/C11H15N3O/c12-11(15)9-6-3-7-10(14-9)13-8-4-1-2-5-8/h3,6-8H,1-2,4-5H2,(H2,12,15)(H,13,14). The molecule has 2 rings (SSSR count). The second-order valence-electron chi connectivity index (χ2n) is 3.90. The Bertz CT molecular complexity index is 359. The Hall–Kier alpha value is -1.58. The topological polar surface area (TPSA) is 68.0 Å². The van der Waals surface area contributed by atoms with Crippen molar-refractivity contribution in [1.29, 1.82) is 0 Å². The van der Waals surface area contributed by atoms with Crippen LogP contribution in [0.3, 0.4) is 0 Å². The van der Waals surface area contributed by atoms with Crippen molar-refractivity contribution in [2.75, 3.05) is 5.32 Å². The van der Waals surface area contributed by atoms with Crippen molar-refractivity contribution in [1.82, 2.24) is 4.98 Å². The summed E-state index contributed by atoms with van der Waals surface area (Å²) in [6, 6.07) is 5.79. The van der Waals surface area contributed by atoms with Gasteiger partial charge in [-0.25, -0.2) is 4.98 Å². The molecule has 0 spiro atoms. The highest BCUT2D eigenvalue weighted by Crippen LogP contribution is 2.21. The molecule has 4 heteroatoms. The third-order valence-corrected chi connectivity index (χ3v) is 2.71. The van der Waals surface area contributed by atoms with Gasteiger partial charge in [0, 0.05) is 6.04 Å². The molecule has 1 aromatic rings. The Labute approximate surface area is 88.9 Å². The van der Waals surface area contributed by atoms with Crippen molar-refractivity contribution < 1.29 is 4.79 Å². The summed E-state index contributed by atoms with van der Waals surface area (Å²) in [4.78, 5) is 15.1. The molecular formula is C11H15N3O. The van der Waals surface area contributed by atoms with Crippen molar-refractivity contribution in [2.45, 2.75) is 31.7 Å². The van der Waals surface area contributed by atoms with Gasteiger partial charge in [-0.1, -0.05) is 18.9 Å². The molecule has 0 unspecified atom stereocenters. The number of anilines is 1. The van der Waals surface area contributed by atoms with Crippen LogP contribution >= 0.6 is 0 Å². The number of nitrogens with zero attached hydrogens (tertiary/aromatic N) is 1. The molecule has 4 nitrogen and oxygen atoms in total. The molecule has 1 aliphatic carbocycles. The molecular weight excluding hydrogens is 190 g/mol. The number of carbonyl (C=O) groups excluding carboxylic acids is 1. The van der Waals surface area contributed by atoms with Crippen LogP contribution in [-0.4, -0.2) is 16.9 Å². The maximum absolute atomic E-state index is 10.9. The number of nitrogens with two attached hydrogens (primary N) is 1. The van der Waals surface area contributed by atoms with Crippen molar-refractivity contribution >= 4 is 11.7 Å². The van der Waals surface area contributed by atoms with Crippen LogP contribution in [0.2, 0.25) is 0 Å². The molecule has 3 N–H and O–H groups in total. The van der Waals surface area contributed by atoms with E-state index in [4.69, 9.17) is 5.73 Å². The summed E-state index contributed by atoms with van der Waals surface area (Å²) in [6.07, 6.45) is 4.91. The van der Waals surface area contributed by atoms with E-state index in [0.717, 1.165) is 5.82 Å². The molecule has 0 bridgehead atoms. The van der Waals surface area contributed by atoms with E-state index in [9.17, 15) is 4.79 Å². The summed E-state index contributed by atoms with van der Waals surface area (Å²) >= 11 is 0. The number of nitrogens with one attached hydrogen (secondary N) is 1. The Morgan fingerprint density at radius 3 is 2.80 bits per heavy atom. The first-order valence-corrected chi connectivity index (χ1v) is 5.29. The second kappa shape index (κ2) is 4.29. The lowest BCUT2D eigenvalue weighted by molar-refractivity contribution is 0.0995. The molecule has 0 atom stereocenters. The molecule has 1 fully saturated rings. The number of rotatable bonds is 3. The number of carbonyl (C=O) groups is 1. The van der Waals surface area contributed by atoms with Gasteiger partial charge in [0.2, 0.25) is 0 Å². The quantitative estimate of drug-likeness (QED) is 0.786. The highest BCUT2D eigenvalue weighted by molar-refractivity contribution is 5.91. The Balaban J connectivity index is 2.07. The van der Waals surface area contributed by atoms with Crippen molar-refractivity contribution in [3.05, 3.63) is 23.9 Å². The van der Waals surface area contributed by atoms with Gasteiger partial charge in [-0.05, 0) is 25.0 Å². The van der Waals surface area contributed by atoms with E-state index in [2.05, 4.69) is 10.3 Å². The van der Waals surface area contributed by atoms with Crippen LogP contribution < -0.4 is 11.1 Å². The maximum Gasteiger partial charge on any atom is 0.267 e. The predicted octanol–water partition coefficient (Wildman–Crippen LogP) is 1.53. The largest absolute Gasteiger partial charge is 0.367 e. The van der Waals surface area contributed by atoms with E-state index >= 15 is 0 Å². The minimum atomic E-state index is -0.481. The van der Waals surface area contributed by atoms with E-state index in [1.54, 1.807) is 12.1 Å². The number of hydrogen-bond acceptors (Lipinski definition) is 3. The van der Waals surface area contributed by atoms with Gasteiger partial charge in [0.15, 0.2) is 0 Å². The second-order valence-corrected chi connectivity index (χ2v) is 3.90. The fourth-order valence-corrected chi connectivity index (χ4v) is 1.93. The molecule has 1 heterocycles. The third-order valence-electron chi connectivity index (χ3n) is 2.71. The number of amides is 1. The van der Waals surface area contributed by atoms with Gasteiger partial charge in [-0.2, -0.15) is 0 Å². The average molecular weight is 205 g/mol. The van der Waals surface area contributed by atoms with Crippen molar-refractivity contribution in [2.24, 2.45) is 5.73 Å². The average Bonchev–Trinajstić information content (AvgIpc) is 2.71. The van der Waals surface area contributed by atoms with Crippen LogP contribution in [0.1, 0.15) is 36.2 Å². The molecule has 0 aromatic carbocycles. The number of pyridine rings is 1. The fourth-order valence-electron chi connectivity index (χ4n) is 1.93. The summed E-state index contributed by atoms with van der Waals surface area (Å²) < 4.78 is 0. The van der Waals surface area contributed by atoms with Crippen LogP contribution in [0.25, 0.3) is 0 Å². The SMILES string of the molecule is NC(=O)c1cccc(NC2CCCC2)n1. The van der Waals surface area contributed by atoms with E-state index < -0.39 is 5.91 Å². The highest BCUT2D eigenvalue weighted by atomic mass is 16.1. The summed E-state index contributed by atoms with van der Waals surface area (Å²) in [6.45, 7) is 0. The van der Waals surface area contributed by atoms with Crippen LogP contribution in [0.4, 0.5) is 5.82 Å². The van der Waals surface area contributed by atoms with Gasteiger partial charge >= 0.3 is 0 Å². The molecule has 1 amide bonds. The summed E-state index contributed by atoms with van der Waals surface area (Å²) in [5.74, 6) is 0.267. The molecule has 1 aliphatic rings. The van der Waals surface area contributed by atoms with Crippen LogP contribution in [0.15, 0.2) is 18.2 Å². The van der Waals surface area contributed by atoms with Gasteiger partial charge in [0.05, 0.1) is 0 Å². The van der Waals surface area contributed by atoms with E-state index in [1.165, 1.54) is 25.7 Å². The van der Waals surface area contributed by atoms with Crippen LogP contribution in [0.5, 0.6) is 0 Å². The molecule has 80 valence electrons. The fraction of sp³-hybridized carbons (Fsp3) is 0.455. The number of aromatic nitrogens is 1. The lowest BCUT2D eigenvalue weighted by Gasteiger charge is -2.12. The Morgan fingerprint density at radius 2 is 2.13 bits per heavy atom. The summed E-state index contributed by atoms with van der Waals surface area (Å²) in [5, 5.41) is 3.32. The van der Waals surface area contributed by atoms with Gasteiger partial charge in [0.25, 0.3) is 5.91 Å². The van der Waals surface area contributed by atoms with E-state index in [0.29, 0.717) is 11.7 Å². The van der Waals surface area contributed by atoms with Gasteiger partial charge < -0.3 is 11.1 Å². The minimum Gasteiger partial charge on any atom is -0.367 e. The lowest BCUT2D eigenvalue weighted by Crippen LogP contribution is -2.18. The minimum absolute atomic E-state index is 0.318. The molecule has 1 saturated carbocycles. The smallest absolute Gasteiger partial charge is 0.267 e. The zero-order chi connectivity index (χ0) is 10.7. The van der Waals surface area contributed by atoms with Gasteiger partial charge in [0.1, 0.15) is 11.5 Å². The van der Waals surface area contributed by atoms with Crippen molar-refractivity contribution in [3.63, 3.8) is 0 Å². The summed E-state index contributed by atoms with van der Waals surface area (Å²) in [7, 11) is 0. The first-order valence-electron chi connectivity index (χ1n) is 5.29. The van der Waals surface area contributed by atoms with E-state index in [1.807, 2.05) is 6.07 Å². The third kappa shape index (κ3) is 2.46. The Kier molecular flexibility index (Phi) is 2.85. The maximum atomic E-state index is 10.9. The first kappa shape index (κ1) is 9.96. The monoisotopic (exact) mass is 205 g/mol. The highest BCUT2D eigenvalue weighted by Gasteiger charge is 2.15. The van der Waals surface area contributed by atoms with Gasteiger partial charge in [-0.3, -0.25) is 4.79 Å². The molecule has 1 aromatic heterocycles. The van der Waals surface area contributed by atoms with Gasteiger partial charge in [-0.15, -0.1) is 0 Å². The normalized spacial score (nSPS) is 16.5. The lowest BCUT2D eigenvalue weighted by atomic mass is 10.2. The zero-order valence-electron chi connectivity index (χ0n) is 8.57. The molecule has 15 heavy (non-hydrogen) atoms. The number of hydrogen-bond donors (Lipinski definition) is 2. The van der Waals surface area contributed by atoms with Crippen LogP contribution in [0, 0.1) is 0 Å². The Morgan fingerprint density at radius 1 is 1.40 bits per heavy atom. The van der Waals surface area contributed by atoms with Crippen LogP contribution in [-0.2, 0) is 0 Å². The van der Waals surface area contributed by atoms with Crippen molar-refractivity contribution in [3.8, 4) is 0 Å². The molecule has 0 saturated heterocycles. The number of primary amides is 1. The first-order chi connectivity index (χ1) is 7.25. The zero-order valence-corrected chi connectivity index (χ0v) is 8.57.